The number of hydrogen-bond acceptors (Lipinski definition) is 5. The van der Waals surface area contributed by atoms with Crippen LogP contribution in [0.1, 0.15) is 22.8 Å². The summed E-state index contributed by atoms with van der Waals surface area (Å²) in [6.07, 6.45) is 0.824. The Morgan fingerprint density at radius 2 is 1.78 bits per heavy atom. The molecule has 4 aromatic rings. The minimum absolute atomic E-state index is 0.232. The van der Waals surface area contributed by atoms with Gasteiger partial charge in [0.25, 0.3) is 5.91 Å². The summed E-state index contributed by atoms with van der Waals surface area (Å²) >= 11 is 11.3. The minimum Gasteiger partial charge on any atom is -0.491 e. The topological polar surface area (TPSA) is 76.4 Å². The molecule has 0 atom stereocenters. The summed E-state index contributed by atoms with van der Waals surface area (Å²) in [4.78, 5) is 16.8. The Bertz CT molecular complexity index is 1500. The largest absolute Gasteiger partial charge is 0.491 e. The summed E-state index contributed by atoms with van der Waals surface area (Å²) in [6, 6.07) is 10.2. The number of aryl methyl sites for hydroxylation is 1. The van der Waals surface area contributed by atoms with E-state index in [2.05, 4.69) is 15.0 Å². The molecule has 0 aliphatic carbocycles. The minimum atomic E-state index is -1.93. The van der Waals surface area contributed by atoms with Gasteiger partial charge in [-0.05, 0) is 54.5 Å². The smallest absolute Gasteiger partial charge is 0.263 e. The molecular formula is C24H16ClF4N3O3S. The Kier molecular flexibility index (Phi) is 7.14. The highest BCUT2D eigenvalue weighted by atomic mass is 35.5. The third-order valence-electron chi connectivity index (χ3n) is 5.20. The van der Waals surface area contributed by atoms with Gasteiger partial charge in [-0.25, -0.2) is 13.8 Å². The molecule has 1 aromatic heterocycles. The van der Waals surface area contributed by atoms with Crippen molar-refractivity contribution in [1.29, 1.82) is 0 Å². The lowest BCUT2D eigenvalue weighted by Gasteiger charge is -2.13. The van der Waals surface area contributed by atoms with Gasteiger partial charge in [-0.2, -0.15) is 8.78 Å². The molecule has 4 rings (SSSR count). The molecular weight excluding hydrogens is 522 g/mol. The number of oxazole rings is 1. The summed E-state index contributed by atoms with van der Waals surface area (Å²) in [5.41, 5.74) is 1.50. The maximum Gasteiger partial charge on any atom is 0.263 e. The fourth-order valence-corrected chi connectivity index (χ4v) is 3.80. The molecule has 0 saturated carbocycles. The first-order valence-corrected chi connectivity index (χ1v) is 11.1. The van der Waals surface area contributed by atoms with Crippen LogP contribution < -0.4 is 15.4 Å². The van der Waals surface area contributed by atoms with E-state index in [1.54, 1.807) is 6.07 Å². The number of nitrogens with zero attached hydrogens (tertiary/aromatic N) is 1. The second-order valence-electron chi connectivity index (χ2n) is 7.44. The Morgan fingerprint density at radius 1 is 1.08 bits per heavy atom. The first kappa shape index (κ1) is 25.4. The van der Waals surface area contributed by atoms with E-state index in [4.69, 9.17) is 28.2 Å². The molecule has 0 bridgehead atoms. The van der Waals surface area contributed by atoms with Gasteiger partial charge in [0, 0.05) is 5.69 Å². The van der Waals surface area contributed by atoms with Gasteiger partial charge in [-0.3, -0.25) is 10.1 Å². The van der Waals surface area contributed by atoms with Crippen molar-refractivity contribution < 1.29 is 31.5 Å². The predicted octanol–water partition coefficient (Wildman–Crippen LogP) is 6.40. The maximum atomic E-state index is 14.2. The summed E-state index contributed by atoms with van der Waals surface area (Å²) < 4.78 is 66.4. The van der Waals surface area contributed by atoms with Crippen molar-refractivity contribution in [3.05, 3.63) is 75.8 Å². The molecule has 6 nitrogen and oxygen atoms in total. The average Bonchev–Trinajstić information content (AvgIpc) is 3.27. The highest BCUT2D eigenvalue weighted by Gasteiger charge is 2.30. The lowest BCUT2D eigenvalue weighted by atomic mass is 10.1. The van der Waals surface area contributed by atoms with E-state index in [9.17, 15) is 22.4 Å². The molecule has 0 saturated heterocycles. The van der Waals surface area contributed by atoms with Gasteiger partial charge < -0.3 is 14.5 Å². The molecule has 0 aliphatic heterocycles. The van der Waals surface area contributed by atoms with Crippen LogP contribution in [0, 0.1) is 23.3 Å². The molecule has 0 spiro atoms. The SMILES string of the molecule is CCc1ccc2oc(-c3cc(NC(=S)NC(=O)c4c(F)c(F)c(OC)c(F)c4F)ccc3Cl)nc2c1. The van der Waals surface area contributed by atoms with Gasteiger partial charge in [0.05, 0.1) is 17.7 Å². The van der Waals surface area contributed by atoms with Crippen LogP contribution in [0.4, 0.5) is 23.2 Å². The predicted molar refractivity (Wildman–Crippen MR) is 130 cm³/mol. The third-order valence-corrected chi connectivity index (χ3v) is 5.73. The molecule has 2 N–H and O–H groups in total. The van der Waals surface area contributed by atoms with Crippen LogP contribution in [0.2, 0.25) is 5.02 Å². The van der Waals surface area contributed by atoms with E-state index in [-0.39, 0.29) is 5.89 Å². The molecule has 12 heteroatoms. The highest BCUT2D eigenvalue weighted by molar-refractivity contribution is 7.80. The highest BCUT2D eigenvalue weighted by Crippen LogP contribution is 2.33. The zero-order chi connectivity index (χ0) is 26.1. The van der Waals surface area contributed by atoms with Crippen LogP contribution in [0.25, 0.3) is 22.6 Å². The first-order chi connectivity index (χ1) is 17.1. The summed E-state index contributed by atoms with van der Waals surface area (Å²) in [7, 11) is 0.822. The Hall–Kier alpha value is -3.70. The van der Waals surface area contributed by atoms with E-state index in [1.807, 2.05) is 24.4 Å². The molecule has 0 radical (unpaired) electrons. The van der Waals surface area contributed by atoms with Crippen molar-refractivity contribution in [3.63, 3.8) is 0 Å². The molecule has 36 heavy (non-hydrogen) atoms. The number of ether oxygens (including phenoxy) is 1. The van der Waals surface area contributed by atoms with Crippen molar-refractivity contribution >= 4 is 51.6 Å². The van der Waals surface area contributed by atoms with Crippen LogP contribution in [0.5, 0.6) is 5.75 Å². The van der Waals surface area contributed by atoms with E-state index in [0.717, 1.165) is 19.1 Å². The van der Waals surface area contributed by atoms with Crippen molar-refractivity contribution in [2.24, 2.45) is 0 Å². The summed E-state index contributed by atoms with van der Waals surface area (Å²) in [5, 5.41) is 4.52. The number of rotatable bonds is 5. The fourth-order valence-electron chi connectivity index (χ4n) is 3.39. The van der Waals surface area contributed by atoms with Gasteiger partial charge in [0.1, 0.15) is 11.1 Å². The van der Waals surface area contributed by atoms with E-state index >= 15 is 0 Å². The summed E-state index contributed by atoms with van der Waals surface area (Å²) in [5.74, 6) is -10.1. The number of thiocarbonyl (C=S) groups is 1. The number of fused-ring (bicyclic) bond motifs is 1. The number of methoxy groups -OCH3 is 1. The van der Waals surface area contributed by atoms with Crippen molar-refractivity contribution in [2.75, 3.05) is 12.4 Å². The quantitative estimate of drug-likeness (QED) is 0.174. The average molecular weight is 538 g/mol. The molecule has 0 unspecified atom stereocenters. The first-order valence-electron chi connectivity index (χ1n) is 10.4. The van der Waals surface area contributed by atoms with E-state index in [0.29, 0.717) is 27.4 Å². The zero-order valence-electron chi connectivity index (χ0n) is 18.6. The molecule has 186 valence electrons. The summed E-state index contributed by atoms with van der Waals surface area (Å²) in [6.45, 7) is 2.01. The molecule has 0 aliphatic rings. The van der Waals surface area contributed by atoms with Gasteiger partial charge in [-0.15, -0.1) is 0 Å². The van der Waals surface area contributed by atoms with Crippen molar-refractivity contribution in [2.45, 2.75) is 13.3 Å². The normalized spacial score (nSPS) is 11.0. The standard InChI is InChI=1S/C24H16ClF4N3O3S/c1-3-10-4-7-15-14(8-10)31-23(35-15)12-9-11(5-6-13(12)25)30-24(36)32-22(33)16-17(26)19(28)21(34-2)20(29)18(16)27/h4-9H,3H2,1-2H3,(H2,30,32,33,36). The number of aromatic nitrogens is 1. The lowest BCUT2D eigenvalue weighted by Crippen LogP contribution is -2.35. The number of amides is 1. The molecule has 0 fully saturated rings. The van der Waals surface area contributed by atoms with Gasteiger partial charge in [0.15, 0.2) is 28.1 Å². The third kappa shape index (κ3) is 4.71. The maximum absolute atomic E-state index is 14.2. The lowest BCUT2D eigenvalue weighted by molar-refractivity contribution is 0.0966. The van der Waals surface area contributed by atoms with E-state index in [1.165, 1.54) is 18.2 Å². The van der Waals surface area contributed by atoms with Gasteiger partial charge >= 0.3 is 0 Å². The van der Waals surface area contributed by atoms with Crippen LogP contribution in [-0.4, -0.2) is 23.1 Å². The Labute approximate surface area is 212 Å². The molecule has 3 aromatic carbocycles. The number of carbonyl (C=O) groups is 1. The van der Waals surface area contributed by atoms with Crippen LogP contribution >= 0.6 is 23.8 Å². The number of nitrogens with one attached hydrogen (secondary N) is 2. The Morgan fingerprint density at radius 3 is 2.42 bits per heavy atom. The number of anilines is 1. The Balaban J connectivity index is 1.56. The van der Waals surface area contributed by atoms with E-state index < -0.39 is 45.6 Å². The molecule has 1 amide bonds. The zero-order valence-corrected chi connectivity index (χ0v) is 20.2. The van der Waals surface area contributed by atoms with Crippen molar-refractivity contribution in [1.82, 2.24) is 10.3 Å². The fraction of sp³-hybridized carbons (Fsp3) is 0.125. The molecule has 1 heterocycles. The van der Waals surface area contributed by atoms with Crippen LogP contribution in [0.15, 0.2) is 40.8 Å². The number of halogens is 5. The van der Waals surface area contributed by atoms with Gasteiger partial charge in [-0.1, -0.05) is 24.6 Å². The second-order valence-corrected chi connectivity index (χ2v) is 8.26. The van der Waals surface area contributed by atoms with Crippen molar-refractivity contribution in [3.8, 4) is 17.2 Å². The van der Waals surface area contributed by atoms with Crippen LogP contribution in [-0.2, 0) is 6.42 Å². The monoisotopic (exact) mass is 537 g/mol. The number of carbonyl (C=O) groups excluding carboxylic acids is 1. The second kappa shape index (κ2) is 10.1. The van der Waals surface area contributed by atoms with Crippen LogP contribution in [0.3, 0.4) is 0 Å². The number of benzene rings is 3. The number of hydrogen-bond donors (Lipinski definition) is 2. The van der Waals surface area contributed by atoms with Gasteiger partial charge in [0.2, 0.25) is 17.5 Å².